The van der Waals surface area contributed by atoms with Crippen LogP contribution >= 0.6 is 0 Å². The zero-order valence-electron chi connectivity index (χ0n) is 10.6. The Balaban J connectivity index is 1.91. The number of piperidine rings is 1. The number of rotatable bonds is 3. The van der Waals surface area contributed by atoms with E-state index in [1.807, 2.05) is 37.4 Å². The predicted octanol–water partition coefficient (Wildman–Crippen LogP) is 1.17. The fourth-order valence-electron chi connectivity index (χ4n) is 2.19. The monoisotopic (exact) mass is 246 g/mol. The van der Waals surface area contributed by atoms with Crippen LogP contribution in [0.25, 0.3) is 0 Å². The first-order chi connectivity index (χ1) is 8.66. The molecular formula is C14H18N2O2. The third-order valence-corrected chi connectivity index (χ3v) is 3.25. The van der Waals surface area contributed by atoms with Crippen molar-refractivity contribution in [1.82, 2.24) is 10.2 Å². The van der Waals surface area contributed by atoms with Crippen LogP contribution in [0.1, 0.15) is 18.4 Å². The SMILES string of the molecule is CN(Cc1ccccc1)C(=O)C1CCC(=O)NC1. The highest BCUT2D eigenvalue weighted by atomic mass is 16.2. The van der Waals surface area contributed by atoms with Crippen molar-refractivity contribution in [2.75, 3.05) is 13.6 Å². The molecule has 1 aromatic rings. The van der Waals surface area contributed by atoms with Gasteiger partial charge in [-0.3, -0.25) is 9.59 Å². The summed E-state index contributed by atoms with van der Waals surface area (Å²) < 4.78 is 0. The molecule has 1 saturated heterocycles. The van der Waals surface area contributed by atoms with E-state index in [2.05, 4.69) is 5.32 Å². The van der Waals surface area contributed by atoms with Gasteiger partial charge in [0.2, 0.25) is 11.8 Å². The van der Waals surface area contributed by atoms with Gasteiger partial charge in [-0.1, -0.05) is 30.3 Å². The fraction of sp³-hybridized carbons (Fsp3) is 0.429. The van der Waals surface area contributed by atoms with Crippen molar-refractivity contribution in [2.45, 2.75) is 19.4 Å². The molecule has 0 radical (unpaired) electrons. The van der Waals surface area contributed by atoms with Crippen molar-refractivity contribution in [3.8, 4) is 0 Å². The second kappa shape index (κ2) is 5.67. The van der Waals surface area contributed by atoms with Crippen molar-refractivity contribution < 1.29 is 9.59 Å². The highest BCUT2D eigenvalue weighted by Gasteiger charge is 2.26. The average molecular weight is 246 g/mol. The lowest BCUT2D eigenvalue weighted by Crippen LogP contribution is -2.43. The number of carbonyl (C=O) groups is 2. The van der Waals surface area contributed by atoms with E-state index in [-0.39, 0.29) is 17.7 Å². The molecule has 2 rings (SSSR count). The third-order valence-electron chi connectivity index (χ3n) is 3.25. The molecule has 0 aliphatic carbocycles. The molecule has 1 heterocycles. The van der Waals surface area contributed by atoms with Gasteiger partial charge in [0, 0.05) is 26.6 Å². The molecule has 0 saturated carbocycles. The molecule has 1 aliphatic heterocycles. The standard InChI is InChI=1S/C14H18N2O2/c1-16(10-11-5-3-2-4-6-11)14(18)12-7-8-13(17)15-9-12/h2-6,12H,7-10H2,1H3,(H,15,17). The lowest BCUT2D eigenvalue weighted by molar-refractivity contribution is -0.136. The van der Waals surface area contributed by atoms with Crippen LogP contribution in [0.15, 0.2) is 30.3 Å². The highest BCUT2D eigenvalue weighted by Crippen LogP contribution is 2.15. The summed E-state index contributed by atoms with van der Waals surface area (Å²) >= 11 is 0. The van der Waals surface area contributed by atoms with Crippen LogP contribution in [-0.4, -0.2) is 30.3 Å². The third kappa shape index (κ3) is 3.09. The van der Waals surface area contributed by atoms with E-state index in [1.165, 1.54) is 0 Å². The Bertz CT molecular complexity index is 421. The van der Waals surface area contributed by atoms with Gasteiger partial charge in [-0.25, -0.2) is 0 Å². The fourth-order valence-corrected chi connectivity index (χ4v) is 2.19. The van der Waals surface area contributed by atoms with Gasteiger partial charge in [-0.2, -0.15) is 0 Å². The first-order valence-electron chi connectivity index (χ1n) is 6.22. The summed E-state index contributed by atoms with van der Waals surface area (Å²) in [4.78, 5) is 25.0. The molecule has 18 heavy (non-hydrogen) atoms. The first kappa shape index (κ1) is 12.6. The van der Waals surface area contributed by atoms with E-state index in [0.717, 1.165) is 5.56 Å². The van der Waals surface area contributed by atoms with Crippen molar-refractivity contribution in [1.29, 1.82) is 0 Å². The van der Waals surface area contributed by atoms with Gasteiger partial charge in [0.05, 0.1) is 5.92 Å². The van der Waals surface area contributed by atoms with Crippen LogP contribution in [0.3, 0.4) is 0 Å². The first-order valence-corrected chi connectivity index (χ1v) is 6.22. The Morgan fingerprint density at radius 3 is 2.72 bits per heavy atom. The van der Waals surface area contributed by atoms with E-state index in [9.17, 15) is 9.59 Å². The molecular weight excluding hydrogens is 228 g/mol. The van der Waals surface area contributed by atoms with Crippen LogP contribution in [0.5, 0.6) is 0 Å². The number of benzene rings is 1. The second-order valence-corrected chi connectivity index (χ2v) is 4.72. The van der Waals surface area contributed by atoms with Crippen LogP contribution in [-0.2, 0) is 16.1 Å². The molecule has 4 nitrogen and oxygen atoms in total. The lowest BCUT2D eigenvalue weighted by Gasteiger charge is -2.26. The maximum Gasteiger partial charge on any atom is 0.227 e. The van der Waals surface area contributed by atoms with Crippen molar-refractivity contribution in [3.63, 3.8) is 0 Å². The minimum atomic E-state index is -0.0728. The molecule has 1 aromatic carbocycles. The molecule has 1 unspecified atom stereocenters. The Labute approximate surface area is 107 Å². The summed E-state index contributed by atoms with van der Waals surface area (Å²) in [6.45, 7) is 1.08. The number of hydrogen-bond donors (Lipinski definition) is 1. The number of nitrogens with zero attached hydrogens (tertiary/aromatic N) is 1. The normalized spacial score (nSPS) is 19.2. The van der Waals surface area contributed by atoms with Gasteiger partial charge < -0.3 is 10.2 Å². The smallest absolute Gasteiger partial charge is 0.227 e. The van der Waals surface area contributed by atoms with Gasteiger partial charge in [0.25, 0.3) is 0 Å². The van der Waals surface area contributed by atoms with E-state index >= 15 is 0 Å². The molecule has 4 heteroatoms. The van der Waals surface area contributed by atoms with Gasteiger partial charge in [0.1, 0.15) is 0 Å². The van der Waals surface area contributed by atoms with Gasteiger partial charge in [-0.05, 0) is 12.0 Å². The minimum Gasteiger partial charge on any atom is -0.355 e. The summed E-state index contributed by atoms with van der Waals surface area (Å²) in [7, 11) is 1.81. The topological polar surface area (TPSA) is 49.4 Å². The van der Waals surface area contributed by atoms with Crippen LogP contribution in [0.2, 0.25) is 0 Å². The zero-order valence-corrected chi connectivity index (χ0v) is 10.6. The quantitative estimate of drug-likeness (QED) is 0.870. The largest absolute Gasteiger partial charge is 0.355 e. The number of carbonyl (C=O) groups excluding carboxylic acids is 2. The molecule has 96 valence electrons. The molecule has 1 atom stereocenters. The minimum absolute atomic E-state index is 0.0461. The Hall–Kier alpha value is -1.84. The maximum absolute atomic E-state index is 12.2. The van der Waals surface area contributed by atoms with Crippen LogP contribution in [0, 0.1) is 5.92 Å². The number of amides is 2. The van der Waals surface area contributed by atoms with Gasteiger partial charge >= 0.3 is 0 Å². The lowest BCUT2D eigenvalue weighted by atomic mass is 9.97. The van der Waals surface area contributed by atoms with E-state index < -0.39 is 0 Å². The summed E-state index contributed by atoms with van der Waals surface area (Å²) in [5.41, 5.74) is 1.12. The molecule has 1 aliphatic rings. The maximum atomic E-state index is 12.2. The molecule has 0 bridgehead atoms. The number of nitrogens with one attached hydrogen (secondary N) is 1. The summed E-state index contributed by atoms with van der Waals surface area (Å²) in [6.07, 6.45) is 1.11. The van der Waals surface area contributed by atoms with Crippen molar-refractivity contribution >= 4 is 11.8 Å². The summed E-state index contributed by atoms with van der Waals surface area (Å²) in [5, 5.41) is 2.75. The number of hydrogen-bond acceptors (Lipinski definition) is 2. The Kier molecular flexibility index (Phi) is 3.97. The molecule has 0 aromatic heterocycles. The molecule has 1 N–H and O–H groups in total. The Morgan fingerprint density at radius 1 is 1.39 bits per heavy atom. The van der Waals surface area contributed by atoms with E-state index in [0.29, 0.717) is 25.9 Å². The van der Waals surface area contributed by atoms with E-state index in [1.54, 1.807) is 4.90 Å². The average Bonchev–Trinajstić information content (AvgIpc) is 2.40. The van der Waals surface area contributed by atoms with Crippen LogP contribution in [0.4, 0.5) is 0 Å². The van der Waals surface area contributed by atoms with E-state index in [4.69, 9.17) is 0 Å². The van der Waals surface area contributed by atoms with Gasteiger partial charge in [-0.15, -0.1) is 0 Å². The molecule has 0 spiro atoms. The Morgan fingerprint density at radius 2 is 2.11 bits per heavy atom. The predicted molar refractivity (Wildman–Crippen MR) is 68.6 cm³/mol. The highest BCUT2D eigenvalue weighted by molar-refractivity contribution is 5.83. The molecule has 1 fully saturated rings. The summed E-state index contributed by atoms with van der Waals surface area (Å²) in [5.74, 6) is 0.0834. The molecule has 2 amide bonds. The zero-order chi connectivity index (χ0) is 13.0. The van der Waals surface area contributed by atoms with Gasteiger partial charge in [0.15, 0.2) is 0 Å². The van der Waals surface area contributed by atoms with Crippen molar-refractivity contribution in [2.24, 2.45) is 5.92 Å². The van der Waals surface area contributed by atoms with Crippen LogP contribution < -0.4 is 5.32 Å². The second-order valence-electron chi connectivity index (χ2n) is 4.72. The summed E-state index contributed by atoms with van der Waals surface area (Å²) in [6, 6.07) is 9.91. The van der Waals surface area contributed by atoms with Crippen molar-refractivity contribution in [3.05, 3.63) is 35.9 Å².